The number of hydrogen-bond donors (Lipinski definition) is 1. The summed E-state index contributed by atoms with van der Waals surface area (Å²) < 4.78 is 0.531. The molecule has 0 aliphatic rings. The molecule has 0 unspecified atom stereocenters. The molecule has 88 valence electrons. The Bertz CT molecular complexity index is 369. The summed E-state index contributed by atoms with van der Waals surface area (Å²) in [7, 11) is 0. The Balaban J connectivity index is 2.95. The molecule has 1 amide bonds. The third kappa shape index (κ3) is 3.02. The fourth-order valence-corrected chi connectivity index (χ4v) is 1.82. The van der Waals surface area contributed by atoms with Gasteiger partial charge in [-0.2, -0.15) is 0 Å². The third-order valence-corrected chi connectivity index (χ3v) is 2.85. The van der Waals surface area contributed by atoms with Crippen molar-refractivity contribution in [1.29, 1.82) is 0 Å². The molecule has 4 nitrogen and oxygen atoms in total. The standard InChI is InChI=1S/C11H15BrN2O2/c1-8(2)14(6-7-15)11(16)9-4-3-5-13-10(9)12/h3-5,8,15H,6-7H2,1-2H3. The maximum absolute atomic E-state index is 12.1. The lowest BCUT2D eigenvalue weighted by molar-refractivity contribution is 0.0664. The Hall–Kier alpha value is -0.940. The van der Waals surface area contributed by atoms with E-state index in [0.717, 1.165) is 0 Å². The minimum Gasteiger partial charge on any atom is -0.395 e. The smallest absolute Gasteiger partial charge is 0.256 e. The Morgan fingerprint density at radius 1 is 1.62 bits per heavy atom. The average molecular weight is 287 g/mol. The number of pyridine rings is 1. The lowest BCUT2D eigenvalue weighted by Crippen LogP contribution is -2.39. The van der Waals surface area contributed by atoms with Gasteiger partial charge in [0.2, 0.25) is 0 Å². The zero-order chi connectivity index (χ0) is 12.1. The van der Waals surface area contributed by atoms with Crippen molar-refractivity contribution in [2.75, 3.05) is 13.2 Å². The van der Waals surface area contributed by atoms with Gasteiger partial charge in [-0.25, -0.2) is 4.98 Å². The van der Waals surface area contributed by atoms with Crippen LogP contribution < -0.4 is 0 Å². The molecule has 0 bridgehead atoms. The molecule has 16 heavy (non-hydrogen) atoms. The van der Waals surface area contributed by atoms with Gasteiger partial charge in [-0.3, -0.25) is 4.79 Å². The van der Waals surface area contributed by atoms with Crippen LogP contribution >= 0.6 is 15.9 Å². The van der Waals surface area contributed by atoms with Gasteiger partial charge in [0.15, 0.2) is 0 Å². The summed E-state index contributed by atoms with van der Waals surface area (Å²) >= 11 is 3.24. The zero-order valence-electron chi connectivity index (χ0n) is 9.35. The van der Waals surface area contributed by atoms with Crippen LogP contribution in [-0.2, 0) is 0 Å². The van der Waals surface area contributed by atoms with Crippen LogP contribution in [0.15, 0.2) is 22.9 Å². The number of aliphatic hydroxyl groups excluding tert-OH is 1. The Morgan fingerprint density at radius 2 is 2.31 bits per heavy atom. The number of aromatic nitrogens is 1. The van der Waals surface area contributed by atoms with E-state index >= 15 is 0 Å². The van der Waals surface area contributed by atoms with Crippen LogP contribution in [0.1, 0.15) is 24.2 Å². The summed E-state index contributed by atoms with van der Waals surface area (Å²) in [4.78, 5) is 17.8. The third-order valence-electron chi connectivity index (χ3n) is 2.21. The monoisotopic (exact) mass is 286 g/mol. The second-order valence-electron chi connectivity index (χ2n) is 3.66. The van der Waals surface area contributed by atoms with Gasteiger partial charge < -0.3 is 10.0 Å². The molecule has 0 aromatic carbocycles. The summed E-state index contributed by atoms with van der Waals surface area (Å²) in [6.45, 7) is 4.12. The van der Waals surface area contributed by atoms with Crippen LogP contribution in [0, 0.1) is 0 Å². The van der Waals surface area contributed by atoms with E-state index in [2.05, 4.69) is 20.9 Å². The highest BCUT2D eigenvalue weighted by molar-refractivity contribution is 9.10. The molecule has 1 N–H and O–H groups in total. The maximum atomic E-state index is 12.1. The van der Waals surface area contributed by atoms with Crippen LogP contribution in [0.3, 0.4) is 0 Å². The minimum atomic E-state index is -0.121. The molecule has 1 heterocycles. The molecular formula is C11H15BrN2O2. The highest BCUT2D eigenvalue weighted by Crippen LogP contribution is 2.16. The van der Waals surface area contributed by atoms with Crippen molar-refractivity contribution in [3.05, 3.63) is 28.5 Å². The molecule has 0 aliphatic carbocycles. The zero-order valence-corrected chi connectivity index (χ0v) is 10.9. The summed E-state index contributed by atoms with van der Waals surface area (Å²) in [5, 5.41) is 8.93. The van der Waals surface area contributed by atoms with E-state index in [9.17, 15) is 4.79 Å². The minimum absolute atomic E-state index is 0.0399. The predicted molar refractivity (Wildman–Crippen MR) is 65.2 cm³/mol. The van der Waals surface area contributed by atoms with Gasteiger partial charge >= 0.3 is 0 Å². The fraction of sp³-hybridized carbons (Fsp3) is 0.455. The number of amides is 1. The topological polar surface area (TPSA) is 53.4 Å². The molecule has 0 atom stereocenters. The second kappa shape index (κ2) is 5.96. The first-order valence-electron chi connectivity index (χ1n) is 5.10. The molecule has 0 saturated carbocycles. The van der Waals surface area contributed by atoms with Crippen molar-refractivity contribution in [3.63, 3.8) is 0 Å². The molecule has 0 saturated heterocycles. The normalized spacial score (nSPS) is 10.6. The SMILES string of the molecule is CC(C)N(CCO)C(=O)c1cccnc1Br. The van der Waals surface area contributed by atoms with Crippen molar-refractivity contribution >= 4 is 21.8 Å². The average Bonchev–Trinajstić information content (AvgIpc) is 2.25. The second-order valence-corrected chi connectivity index (χ2v) is 4.41. The van der Waals surface area contributed by atoms with Gasteiger partial charge in [0, 0.05) is 18.8 Å². The molecule has 0 fully saturated rings. The number of hydrogen-bond acceptors (Lipinski definition) is 3. The van der Waals surface area contributed by atoms with E-state index in [1.807, 2.05) is 13.8 Å². The largest absolute Gasteiger partial charge is 0.395 e. The fourth-order valence-electron chi connectivity index (χ4n) is 1.40. The first kappa shape index (κ1) is 13.1. The van der Waals surface area contributed by atoms with Gasteiger partial charge in [0.25, 0.3) is 5.91 Å². The van der Waals surface area contributed by atoms with Gasteiger partial charge in [0.1, 0.15) is 4.60 Å². The molecule has 0 radical (unpaired) electrons. The Morgan fingerprint density at radius 3 is 2.81 bits per heavy atom. The van der Waals surface area contributed by atoms with Gasteiger partial charge in [-0.05, 0) is 41.9 Å². The lowest BCUT2D eigenvalue weighted by atomic mass is 10.2. The number of nitrogens with zero attached hydrogens (tertiary/aromatic N) is 2. The summed E-state index contributed by atoms with van der Waals surface area (Å²) in [6.07, 6.45) is 1.62. The van der Waals surface area contributed by atoms with Crippen LogP contribution in [-0.4, -0.2) is 40.1 Å². The number of aliphatic hydroxyl groups is 1. The Kier molecular flexibility index (Phi) is 4.89. The Labute approximate surface area is 103 Å². The van der Waals surface area contributed by atoms with E-state index in [1.165, 1.54) is 0 Å². The van der Waals surface area contributed by atoms with Crippen LogP contribution in [0.5, 0.6) is 0 Å². The van der Waals surface area contributed by atoms with Crippen molar-refractivity contribution in [2.45, 2.75) is 19.9 Å². The molecule has 0 spiro atoms. The molecular weight excluding hydrogens is 272 g/mol. The molecule has 1 rings (SSSR count). The van der Waals surface area contributed by atoms with Gasteiger partial charge in [-0.15, -0.1) is 0 Å². The number of carbonyl (C=O) groups is 1. The molecule has 5 heteroatoms. The quantitative estimate of drug-likeness (QED) is 0.857. The van der Waals surface area contributed by atoms with Crippen LogP contribution in [0.2, 0.25) is 0 Å². The van der Waals surface area contributed by atoms with E-state index in [0.29, 0.717) is 16.7 Å². The van der Waals surface area contributed by atoms with Crippen molar-refractivity contribution in [1.82, 2.24) is 9.88 Å². The van der Waals surface area contributed by atoms with E-state index in [1.54, 1.807) is 23.2 Å². The predicted octanol–water partition coefficient (Wildman–Crippen LogP) is 1.69. The van der Waals surface area contributed by atoms with Crippen molar-refractivity contribution in [2.24, 2.45) is 0 Å². The van der Waals surface area contributed by atoms with E-state index in [-0.39, 0.29) is 18.6 Å². The summed E-state index contributed by atoms with van der Waals surface area (Å²) in [6, 6.07) is 3.48. The van der Waals surface area contributed by atoms with Gasteiger partial charge in [0.05, 0.1) is 12.2 Å². The lowest BCUT2D eigenvalue weighted by Gasteiger charge is -2.26. The highest BCUT2D eigenvalue weighted by atomic mass is 79.9. The first-order chi connectivity index (χ1) is 7.57. The molecule has 1 aromatic heterocycles. The summed E-state index contributed by atoms with van der Waals surface area (Å²) in [5.41, 5.74) is 0.518. The molecule has 1 aromatic rings. The van der Waals surface area contributed by atoms with Crippen molar-refractivity contribution in [3.8, 4) is 0 Å². The van der Waals surface area contributed by atoms with E-state index < -0.39 is 0 Å². The van der Waals surface area contributed by atoms with Gasteiger partial charge in [-0.1, -0.05) is 0 Å². The van der Waals surface area contributed by atoms with E-state index in [4.69, 9.17) is 5.11 Å². The number of halogens is 1. The number of carbonyl (C=O) groups excluding carboxylic acids is 1. The highest BCUT2D eigenvalue weighted by Gasteiger charge is 2.20. The summed E-state index contributed by atoms with van der Waals surface area (Å²) in [5.74, 6) is -0.121. The van der Waals surface area contributed by atoms with Crippen LogP contribution in [0.25, 0.3) is 0 Å². The first-order valence-corrected chi connectivity index (χ1v) is 5.89. The van der Waals surface area contributed by atoms with Crippen molar-refractivity contribution < 1.29 is 9.90 Å². The number of rotatable bonds is 4. The molecule has 0 aliphatic heterocycles. The van der Waals surface area contributed by atoms with Crippen LogP contribution in [0.4, 0.5) is 0 Å². The maximum Gasteiger partial charge on any atom is 0.256 e.